The average molecular weight is 802 g/mol. The van der Waals surface area contributed by atoms with Gasteiger partial charge >= 0.3 is 0 Å². The number of aromatic nitrogens is 3. The van der Waals surface area contributed by atoms with Crippen LogP contribution >= 0.6 is 0 Å². The Morgan fingerprint density at radius 2 is 0.413 bits per heavy atom. The molecule has 3 heterocycles. The van der Waals surface area contributed by atoms with Crippen molar-refractivity contribution in [1.29, 1.82) is 0 Å². The van der Waals surface area contributed by atoms with Crippen LogP contribution < -0.4 is 0 Å². The van der Waals surface area contributed by atoms with Crippen molar-refractivity contribution in [3.8, 4) is 66.8 Å². The Labute approximate surface area is 363 Å². The van der Waals surface area contributed by atoms with Gasteiger partial charge in [0.2, 0.25) is 0 Å². The molecular formula is C60H39N3. The van der Waals surface area contributed by atoms with E-state index in [0.29, 0.717) is 0 Å². The van der Waals surface area contributed by atoms with Gasteiger partial charge in [-0.3, -0.25) is 0 Å². The lowest BCUT2D eigenvalue weighted by Crippen LogP contribution is -1.92. The van der Waals surface area contributed by atoms with Crippen LogP contribution in [0.2, 0.25) is 0 Å². The molecule has 0 atom stereocenters. The highest BCUT2D eigenvalue weighted by molar-refractivity contribution is 6.11. The highest BCUT2D eigenvalue weighted by atomic mass is 14.7. The molecule has 0 fully saturated rings. The molecule has 0 saturated carbocycles. The van der Waals surface area contributed by atoms with Crippen LogP contribution in [0.5, 0.6) is 0 Å². The molecule has 0 saturated heterocycles. The topological polar surface area (TPSA) is 47.4 Å². The van der Waals surface area contributed by atoms with E-state index in [9.17, 15) is 0 Å². The van der Waals surface area contributed by atoms with Gasteiger partial charge in [-0.25, -0.2) is 0 Å². The quantitative estimate of drug-likeness (QED) is 0.150. The molecule has 13 aromatic rings. The first kappa shape index (κ1) is 35.4. The minimum absolute atomic E-state index is 1.14. The molecule has 3 heteroatoms. The van der Waals surface area contributed by atoms with Crippen molar-refractivity contribution in [2.75, 3.05) is 0 Å². The number of para-hydroxylation sites is 3. The lowest BCUT2D eigenvalue weighted by Gasteiger charge is -2.18. The summed E-state index contributed by atoms with van der Waals surface area (Å²) < 4.78 is 0. The van der Waals surface area contributed by atoms with Crippen LogP contribution in [0.15, 0.2) is 218 Å². The maximum Gasteiger partial charge on any atom is 0.0471 e. The van der Waals surface area contributed by atoms with Gasteiger partial charge in [-0.05, 0) is 121 Å². The van der Waals surface area contributed by atoms with Gasteiger partial charge in [0.05, 0.1) is 0 Å². The number of hydrogen-bond acceptors (Lipinski definition) is 0. The van der Waals surface area contributed by atoms with Crippen molar-refractivity contribution in [3.63, 3.8) is 0 Å². The van der Waals surface area contributed by atoms with Crippen molar-refractivity contribution >= 4 is 65.4 Å². The molecule has 0 unspecified atom stereocenters. The molecule has 10 aromatic carbocycles. The molecule has 3 nitrogen and oxygen atoms in total. The molecule has 0 aliphatic rings. The van der Waals surface area contributed by atoms with Gasteiger partial charge in [0, 0.05) is 65.4 Å². The van der Waals surface area contributed by atoms with E-state index in [1.807, 2.05) is 0 Å². The third-order valence-electron chi connectivity index (χ3n) is 13.1. The summed E-state index contributed by atoms with van der Waals surface area (Å²) in [4.78, 5) is 11.1. The number of aromatic amines is 3. The van der Waals surface area contributed by atoms with Crippen molar-refractivity contribution < 1.29 is 0 Å². The predicted octanol–water partition coefficient (Wildman–Crippen LogP) is 16.6. The van der Waals surface area contributed by atoms with E-state index in [1.54, 1.807) is 0 Å². The zero-order valence-corrected chi connectivity index (χ0v) is 34.3. The van der Waals surface area contributed by atoms with E-state index >= 15 is 0 Å². The lowest BCUT2D eigenvalue weighted by molar-refractivity contribution is 1.52. The van der Waals surface area contributed by atoms with E-state index in [4.69, 9.17) is 0 Å². The maximum atomic E-state index is 3.68. The number of benzene rings is 10. The second-order valence-electron chi connectivity index (χ2n) is 16.7. The molecule has 0 aliphatic heterocycles. The van der Waals surface area contributed by atoms with E-state index < -0.39 is 0 Å². The molecule has 3 aromatic heterocycles. The molecule has 0 bridgehead atoms. The highest BCUT2D eigenvalue weighted by Crippen LogP contribution is 2.44. The molecule has 0 amide bonds. The summed E-state index contributed by atoms with van der Waals surface area (Å²) in [5.74, 6) is 0. The van der Waals surface area contributed by atoms with Crippen LogP contribution in [0.3, 0.4) is 0 Å². The lowest BCUT2D eigenvalue weighted by atomic mass is 9.86. The smallest absolute Gasteiger partial charge is 0.0471 e. The SMILES string of the molecule is c1ccc(-c2ccc3c(c2)[nH]c2ccccc23)c(-c2cc(-c3ccccc3-c3ccc4c(c3)[nH]c3ccccc34)cc(-c3ccccc3-c3ccc4c(c3)[nH]c3ccccc34)c2)c1. The minimum atomic E-state index is 1.14. The largest absolute Gasteiger partial charge is 0.354 e. The van der Waals surface area contributed by atoms with Crippen molar-refractivity contribution in [3.05, 3.63) is 218 Å². The van der Waals surface area contributed by atoms with Gasteiger partial charge in [0.15, 0.2) is 0 Å². The van der Waals surface area contributed by atoms with Gasteiger partial charge in [-0.2, -0.15) is 0 Å². The summed E-state index contributed by atoms with van der Waals surface area (Å²) in [6, 6.07) is 80.0. The van der Waals surface area contributed by atoms with Gasteiger partial charge in [0.25, 0.3) is 0 Å². The monoisotopic (exact) mass is 801 g/mol. The summed E-state index contributed by atoms with van der Waals surface area (Å²) in [5.41, 5.74) is 21.0. The van der Waals surface area contributed by atoms with E-state index in [2.05, 4.69) is 233 Å². The zero-order chi connectivity index (χ0) is 41.4. The first-order valence-corrected chi connectivity index (χ1v) is 21.7. The Morgan fingerprint density at radius 3 is 0.714 bits per heavy atom. The third kappa shape index (κ3) is 5.82. The summed E-state index contributed by atoms with van der Waals surface area (Å²) in [6.07, 6.45) is 0. The van der Waals surface area contributed by atoms with Gasteiger partial charge in [-0.1, -0.05) is 164 Å². The second kappa shape index (κ2) is 14.1. The Kier molecular flexibility index (Phi) is 7.91. The number of rotatable bonds is 6. The summed E-state index contributed by atoms with van der Waals surface area (Å²) in [5, 5.41) is 7.44. The Balaban J connectivity index is 1.01. The first-order valence-electron chi connectivity index (χ1n) is 21.7. The van der Waals surface area contributed by atoms with Gasteiger partial charge < -0.3 is 15.0 Å². The van der Waals surface area contributed by atoms with Crippen LogP contribution in [0.1, 0.15) is 0 Å². The number of H-pyrrole nitrogens is 3. The highest BCUT2D eigenvalue weighted by Gasteiger charge is 2.18. The summed E-state index contributed by atoms with van der Waals surface area (Å²) in [7, 11) is 0. The summed E-state index contributed by atoms with van der Waals surface area (Å²) in [6.45, 7) is 0. The van der Waals surface area contributed by atoms with Crippen molar-refractivity contribution in [1.82, 2.24) is 15.0 Å². The van der Waals surface area contributed by atoms with E-state index in [0.717, 1.165) is 49.8 Å². The fourth-order valence-corrected chi connectivity index (χ4v) is 10.1. The Hall–Kier alpha value is -8.40. The van der Waals surface area contributed by atoms with E-state index in [1.165, 1.54) is 82.4 Å². The number of fused-ring (bicyclic) bond motifs is 9. The minimum Gasteiger partial charge on any atom is -0.354 e. The maximum absolute atomic E-state index is 3.68. The standard InChI is InChI=1S/C60H39N3/c1-4-16-46(43(13-1)37-25-28-52-49-19-7-10-22-55(49)61-58(52)34-37)40-31-41(47-17-5-2-14-44(47)38-26-29-53-50-20-8-11-23-56(50)62-59(53)35-38)33-42(32-40)48-18-6-3-15-45(48)39-27-30-54-51-21-9-12-24-57(51)63-60(54)36-39/h1-36,61-63H. The van der Waals surface area contributed by atoms with Crippen LogP contribution in [0, 0.1) is 0 Å². The molecule has 0 spiro atoms. The van der Waals surface area contributed by atoms with Crippen LogP contribution in [0.25, 0.3) is 132 Å². The average Bonchev–Trinajstić information content (AvgIpc) is 4.04. The molecule has 0 radical (unpaired) electrons. The fourth-order valence-electron chi connectivity index (χ4n) is 10.1. The fraction of sp³-hybridized carbons (Fsp3) is 0. The molecule has 13 rings (SSSR count). The van der Waals surface area contributed by atoms with Crippen LogP contribution in [0.4, 0.5) is 0 Å². The molecule has 3 N–H and O–H groups in total. The van der Waals surface area contributed by atoms with Crippen LogP contribution in [-0.2, 0) is 0 Å². The van der Waals surface area contributed by atoms with Crippen molar-refractivity contribution in [2.24, 2.45) is 0 Å². The second-order valence-corrected chi connectivity index (χ2v) is 16.7. The summed E-state index contributed by atoms with van der Waals surface area (Å²) >= 11 is 0. The Bertz CT molecular complexity index is 3510. The predicted molar refractivity (Wildman–Crippen MR) is 267 cm³/mol. The zero-order valence-electron chi connectivity index (χ0n) is 34.3. The van der Waals surface area contributed by atoms with Gasteiger partial charge in [-0.15, -0.1) is 0 Å². The first-order chi connectivity index (χ1) is 31.2. The van der Waals surface area contributed by atoms with Gasteiger partial charge in [0.1, 0.15) is 0 Å². The third-order valence-corrected chi connectivity index (χ3v) is 13.1. The molecule has 0 aliphatic carbocycles. The molecule has 63 heavy (non-hydrogen) atoms. The number of nitrogens with one attached hydrogen (secondary N) is 3. The normalized spacial score (nSPS) is 11.8. The molecular weight excluding hydrogens is 763 g/mol. The van der Waals surface area contributed by atoms with Crippen molar-refractivity contribution in [2.45, 2.75) is 0 Å². The van der Waals surface area contributed by atoms with E-state index in [-0.39, 0.29) is 0 Å². The Morgan fingerprint density at radius 1 is 0.175 bits per heavy atom. The molecule has 294 valence electrons. The number of hydrogen-bond donors (Lipinski definition) is 3. The van der Waals surface area contributed by atoms with Crippen LogP contribution in [-0.4, -0.2) is 15.0 Å².